The SMILES string of the molecule is [2H]C([3H])OCC1(CO)OC(C)[C@H]2OC(C)(C)OC21. The Morgan fingerprint density at radius 1 is 1.50 bits per heavy atom. The Kier molecular flexibility index (Phi) is 2.40. The van der Waals surface area contributed by atoms with Crippen molar-refractivity contribution < 1.29 is 26.8 Å². The molecule has 5 heteroatoms. The van der Waals surface area contributed by atoms with Gasteiger partial charge in [-0.2, -0.15) is 0 Å². The molecular weight excluding hydrogens is 212 g/mol. The van der Waals surface area contributed by atoms with Crippen LogP contribution in [0.15, 0.2) is 0 Å². The van der Waals surface area contributed by atoms with E-state index in [0.29, 0.717) is 0 Å². The lowest BCUT2D eigenvalue weighted by atomic mass is 9.96. The molecule has 2 rings (SSSR count). The molecule has 0 saturated carbocycles. The second-order valence-electron chi connectivity index (χ2n) is 4.88. The Morgan fingerprint density at radius 3 is 2.88 bits per heavy atom. The molecule has 16 heavy (non-hydrogen) atoms. The summed E-state index contributed by atoms with van der Waals surface area (Å²) in [6.07, 6.45) is -0.959. The Morgan fingerprint density at radius 2 is 2.25 bits per heavy atom. The van der Waals surface area contributed by atoms with Crippen molar-refractivity contribution in [3.8, 4) is 0 Å². The molecule has 0 aromatic heterocycles. The third kappa shape index (κ3) is 1.76. The summed E-state index contributed by atoms with van der Waals surface area (Å²) in [5.74, 6) is -0.727. The number of hydrogen-bond donors (Lipinski definition) is 1. The van der Waals surface area contributed by atoms with Crippen LogP contribution in [0.2, 0.25) is 0 Å². The number of rotatable bonds is 3. The molecule has 0 radical (unpaired) electrons. The normalized spacial score (nSPS) is 49.6. The maximum absolute atomic E-state index is 9.60. The number of aliphatic hydroxyl groups is 1. The van der Waals surface area contributed by atoms with Crippen LogP contribution in [0.3, 0.4) is 0 Å². The summed E-state index contributed by atoms with van der Waals surface area (Å²) in [4.78, 5) is 0. The highest BCUT2D eigenvalue weighted by molar-refractivity contribution is 5.06. The van der Waals surface area contributed by atoms with Gasteiger partial charge < -0.3 is 24.1 Å². The van der Waals surface area contributed by atoms with Crippen molar-refractivity contribution in [3.63, 3.8) is 0 Å². The van der Waals surface area contributed by atoms with Gasteiger partial charge in [-0.1, -0.05) is 0 Å². The van der Waals surface area contributed by atoms with Gasteiger partial charge in [0.05, 0.1) is 22.1 Å². The first-order chi connectivity index (χ1) is 8.30. The zero-order valence-corrected chi connectivity index (χ0v) is 9.80. The zero-order valence-electron chi connectivity index (χ0n) is 11.8. The van der Waals surface area contributed by atoms with Gasteiger partial charge in [-0.3, -0.25) is 0 Å². The van der Waals surface area contributed by atoms with Gasteiger partial charge in [0.1, 0.15) is 17.8 Å². The third-order valence-corrected chi connectivity index (χ3v) is 3.13. The van der Waals surface area contributed by atoms with E-state index in [1.54, 1.807) is 13.8 Å². The quantitative estimate of drug-likeness (QED) is 0.762. The largest absolute Gasteiger partial charge is 0.393 e. The van der Waals surface area contributed by atoms with E-state index in [2.05, 4.69) is 0 Å². The molecule has 0 aromatic carbocycles. The predicted molar refractivity (Wildman–Crippen MR) is 56.1 cm³/mol. The van der Waals surface area contributed by atoms with Crippen LogP contribution in [0.4, 0.5) is 0 Å². The standard InChI is InChI=1S/C11H20O5/c1-7-8-9(16-10(2,3)15-8)11(5-12,14-7)6-13-4/h7-9,12H,5-6H2,1-4H3/t7?,8-,9?,11?/m1/s1/i4TD/t4?,7?,8-,9?,11?. The molecule has 0 amide bonds. The molecule has 0 aliphatic carbocycles. The second kappa shape index (κ2) is 3.92. The molecule has 0 spiro atoms. The van der Waals surface area contributed by atoms with E-state index < -0.39 is 24.6 Å². The van der Waals surface area contributed by atoms with Crippen molar-refractivity contribution in [1.82, 2.24) is 0 Å². The first-order valence-electron chi connectivity index (χ1n) is 6.55. The fraction of sp³-hybridized carbons (Fsp3) is 1.00. The molecule has 2 heterocycles. The average Bonchev–Trinajstić information content (AvgIpc) is 2.71. The molecule has 1 N–H and O–H groups in total. The van der Waals surface area contributed by atoms with Crippen molar-refractivity contribution in [2.75, 3.05) is 20.3 Å². The molecule has 2 saturated heterocycles. The first kappa shape index (κ1) is 9.79. The molecule has 2 aliphatic heterocycles. The van der Waals surface area contributed by atoms with Gasteiger partial charge in [0.2, 0.25) is 0 Å². The number of hydrogen-bond acceptors (Lipinski definition) is 5. The Hall–Kier alpha value is -0.200. The predicted octanol–water partition coefficient (Wildman–Crippen LogP) is 0.303. The molecule has 0 bridgehead atoms. The highest BCUT2D eigenvalue weighted by Gasteiger charge is 2.61. The summed E-state index contributed by atoms with van der Waals surface area (Å²) < 4.78 is 36.3. The highest BCUT2D eigenvalue weighted by Crippen LogP contribution is 2.43. The van der Waals surface area contributed by atoms with Crippen molar-refractivity contribution >= 4 is 0 Å². The van der Waals surface area contributed by atoms with E-state index in [4.69, 9.17) is 21.7 Å². The molecule has 2 fully saturated rings. The van der Waals surface area contributed by atoms with Crippen LogP contribution in [0.5, 0.6) is 0 Å². The van der Waals surface area contributed by atoms with Crippen molar-refractivity contribution in [3.05, 3.63) is 0 Å². The molecule has 2 aliphatic rings. The van der Waals surface area contributed by atoms with E-state index in [1.807, 2.05) is 6.92 Å². The van der Waals surface area contributed by atoms with Crippen LogP contribution >= 0.6 is 0 Å². The topological polar surface area (TPSA) is 57.2 Å². The fourth-order valence-electron chi connectivity index (χ4n) is 2.47. The smallest absolute Gasteiger partial charge is 0.164 e. The molecule has 4 unspecified atom stereocenters. The number of fused-ring (bicyclic) bond motifs is 1. The van der Waals surface area contributed by atoms with Crippen molar-refractivity contribution in [2.24, 2.45) is 0 Å². The number of methoxy groups -OCH3 is 1. The monoisotopic (exact) mass is 235 g/mol. The molecule has 94 valence electrons. The van der Waals surface area contributed by atoms with Gasteiger partial charge >= 0.3 is 0 Å². The van der Waals surface area contributed by atoms with Crippen molar-refractivity contribution in [2.45, 2.75) is 50.5 Å². The van der Waals surface area contributed by atoms with Crippen LogP contribution in [0.25, 0.3) is 0 Å². The lowest BCUT2D eigenvalue weighted by molar-refractivity contribution is -0.222. The molecule has 5 atom stereocenters. The minimum absolute atomic E-state index is 0.0634. The molecule has 0 aromatic rings. The summed E-state index contributed by atoms with van der Waals surface area (Å²) in [7, 11) is -1.42. The van der Waals surface area contributed by atoms with E-state index in [9.17, 15) is 5.11 Å². The van der Waals surface area contributed by atoms with Gasteiger partial charge in [-0.15, -0.1) is 0 Å². The van der Waals surface area contributed by atoms with Crippen LogP contribution in [-0.4, -0.2) is 55.1 Å². The van der Waals surface area contributed by atoms with Gasteiger partial charge in [0.15, 0.2) is 5.79 Å². The van der Waals surface area contributed by atoms with Crippen LogP contribution in [0.1, 0.15) is 23.5 Å². The minimum Gasteiger partial charge on any atom is -0.393 e. The average molecular weight is 235 g/mol. The minimum atomic E-state index is -1.42. The van der Waals surface area contributed by atoms with Gasteiger partial charge in [0.25, 0.3) is 0 Å². The van der Waals surface area contributed by atoms with Crippen LogP contribution in [0, 0.1) is 0 Å². The van der Waals surface area contributed by atoms with E-state index in [1.165, 1.54) is 0 Å². The molecule has 5 nitrogen and oxygen atoms in total. The van der Waals surface area contributed by atoms with Crippen molar-refractivity contribution in [1.29, 1.82) is 0 Å². The highest BCUT2D eigenvalue weighted by atomic mass is 16.8. The van der Waals surface area contributed by atoms with E-state index in [-0.39, 0.29) is 25.4 Å². The molecular formula is C11H20O5. The van der Waals surface area contributed by atoms with Crippen LogP contribution < -0.4 is 0 Å². The maximum Gasteiger partial charge on any atom is 0.164 e. The van der Waals surface area contributed by atoms with Gasteiger partial charge in [0, 0.05) is 7.06 Å². The van der Waals surface area contributed by atoms with Gasteiger partial charge in [-0.05, 0) is 20.8 Å². The summed E-state index contributed by atoms with van der Waals surface area (Å²) >= 11 is 0. The number of aliphatic hydroxyl groups excluding tert-OH is 1. The lowest BCUT2D eigenvalue weighted by Crippen LogP contribution is -2.50. The summed E-state index contributed by atoms with van der Waals surface area (Å²) in [6.45, 7) is 5.09. The zero-order chi connectivity index (χ0) is 13.6. The number of ether oxygens (including phenoxy) is 4. The summed E-state index contributed by atoms with van der Waals surface area (Å²) in [5.41, 5.74) is -1.06. The maximum atomic E-state index is 9.60. The Balaban J connectivity index is 2.16. The lowest BCUT2D eigenvalue weighted by Gasteiger charge is -2.32. The van der Waals surface area contributed by atoms with Gasteiger partial charge in [-0.25, -0.2) is 0 Å². The van der Waals surface area contributed by atoms with E-state index in [0.717, 1.165) is 0 Å². The van der Waals surface area contributed by atoms with Crippen LogP contribution in [-0.2, 0) is 18.9 Å². The fourth-order valence-corrected chi connectivity index (χ4v) is 2.47. The second-order valence-corrected chi connectivity index (χ2v) is 4.88. The first-order valence-corrected chi connectivity index (χ1v) is 5.40. The Labute approximate surface area is 98.4 Å². The summed E-state index contributed by atoms with van der Waals surface area (Å²) in [6, 6.07) is 0. The van der Waals surface area contributed by atoms with E-state index >= 15 is 0 Å². The Bertz CT molecular complexity index is 312. The summed E-state index contributed by atoms with van der Waals surface area (Å²) in [5, 5.41) is 9.60. The third-order valence-electron chi connectivity index (χ3n) is 3.13.